The Hall–Kier alpha value is -3.66. The van der Waals surface area contributed by atoms with Gasteiger partial charge < -0.3 is 15.2 Å². The topological polar surface area (TPSA) is 134 Å². The molecule has 10 heteroatoms. The van der Waals surface area contributed by atoms with Gasteiger partial charge in [0.2, 0.25) is 0 Å². The second kappa shape index (κ2) is 11.7. The quantitative estimate of drug-likeness (QED) is 0.176. The van der Waals surface area contributed by atoms with E-state index >= 15 is 0 Å². The lowest BCUT2D eigenvalue weighted by molar-refractivity contribution is -0.384. The molecular weight excluding hydrogens is 470 g/mol. The number of carbonyl (C=O) groups excluding carboxylic acids is 2. The molecule has 0 amide bonds. The van der Waals surface area contributed by atoms with Crippen molar-refractivity contribution in [2.45, 2.75) is 31.6 Å². The maximum Gasteiger partial charge on any atom is 0.336 e. The summed E-state index contributed by atoms with van der Waals surface area (Å²) in [5.74, 6) is -2.65. The fraction of sp³-hybridized carbons (Fsp3) is 0.320. The Labute approximate surface area is 207 Å². The zero-order valence-corrected chi connectivity index (χ0v) is 20.5. The molecule has 184 valence electrons. The zero-order valence-electron chi connectivity index (χ0n) is 19.7. The minimum Gasteiger partial charge on any atom is -0.465 e. The van der Waals surface area contributed by atoms with Gasteiger partial charge in [-0.1, -0.05) is 12.1 Å². The van der Waals surface area contributed by atoms with Crippen molar-refractivity contribution >= 4 is 40.8 Å². The number of aliphatic imine (C=N–C) groups is 1. The third-order valence-electron chi connectivity index (χ3n) is 5.45. The molecule has 2 aromatic rings. The summed E-state index contributed by atoms with van der Waals surface area (Å²) in [7, 11) is 0. The molecule has 0 saturated carbocycles. The van der Waals surface area contributed by atoms with Crippen LogP contribution in [-0.4, -0.2) is 41.5 Å². The van der Waals surface area contributed by atoms with Crippen LogP contribution < -0.4 is 5.73 Å². The van der Waals surface area contributed by atoms with E-state index < -0.39 is 28.7 Å². The van der Waals surface area contributed by atoms with E-state index in [1.165, 1.54) is 30.0 Å². The Bertz CT molecular complexity index is 1180. The average molecular weight is 498 g/mol. The van der Waals surface area contributed by atoms with E-state index in [0.717, 1.165) is 4.90 Å². The van der Waals surface area contributed by atoms with Crippen molar-refractivity contribution in [1.29, 1.82) is 0 Å². The van der Waals surface area contributed by atoms with E-state index in [0.29, 0.717) is 28.4 Å². The van der Waals surface area contributed by atoms with Crippen LogP contribution in [-0.2, 0) is 19.1 Å². The minimum absolute atomic E-state index is 0.120. The molecular formula is C25H27N3O6S. The molecule has 2 unspecified atom stereocenters. The number of nitro groups is 1. The number of rotatable bonds is 9. The molecule has 3 rings (SSSR count). The van der Waals surface area contributed by atoms with Crippen molar-refractivity contribution in [3.05, 3.63) is 75.5 Å². The van der Waals surface area contributed by atoms with Crippen molar-refractivity contribution in [3.63, 3.8) is 0 Å². The normalized spacial score (nSPS) is 17.5. The molecule has 2 aromatic carbocycles. The first kappa shape index (κ1) is 26.0. The summed E-state index contributed by atoms with van der Waals surface area (Å²) in [5, 5.41) is 11.5. The van der Waals surface area contributed by atoms with Gasteiger partial charge in [0.15, 0.2) is 0 Å². The third kappa shape index (κ3) is 6.07. The molecule has 2 N–H and O–H groups in total. The SMILES string of the molecule is CCOC(=O)C1=C(CSc2ccc(N)cc2)N=C(C)C(C(=O)OCC)C1c1cccc([N+](=O)[O-])c1. The van der Waals surface area contributed by atoms with Crippen LogP contribution in [0.2, 0.25) is 0 Å². The second-order valence-electron chi connectivity index (χ2n) is 7.75. The van der Waals surface area contributed by atoms with Gasteiger partial charge in [0.25, 0.3) is 5.69 Å². The number of thioether (sulfide) groups is 1. The van der Waals surface area contributed by atoms with Crippen molar-refractivity contribution < 1.29 is 24.0 Å². The van der Waals surface area contributed by atoms with Crippen LogP contribution in [0.15, 0.2) is 69.7 Å². The fourth-order valence-corrected chi connectivity index (χ4v) is 4.79. The first-order valence-electron chi connectivity index (χ1n) is 11.1. The summed E-state index contributed by atoms with van der Waals surface area (Å²) >= 11 is 1.45. The van der Waals surface area contributed by atoms with E-state index in [1.54, 1.807) is 39.0 Å². The number of benzene rings is 2. The van der Waals surface area contributed by atoms with E-state index in [-0.39, 0.29) is 24.5 Å². The van der Waals surface area contributed by atoms with Crippen molar-refractivity contribution in [2.24, 2.45) is 10.9 Å². The number of nitrogens with two attached hydrogens (primary N) is 1. The highest BCUT2D eigenvalue weighted by atomic mass is 32.2. The van der Waals surface area contributed by atoms with Gasteiger partial charge in [-0.2, -0.15) is 0 Å². The van der Waals surface area contributed by atoms with Crippen LogP contribution in [0.25, 0.3) is 0 Å². The number of nitro benzene ring substituents is 1. The monoisotopic (exact) mass is 497 g/mol. The molecule has 1 aliphatic heterocycles. The highest BCUT2D eigenvalue weighted by Crippen LogP contribution is 2.42. The molecule has 9 nitrogen and oxygen atoms in total. The Kier molecular flexibility index (Phi) is 8.64. The van der Waals surface area contributed by atoms with Gasteiger partial charge in [-0.25, -0.2) is 4.79 Å². The Balaban J connectivity index is 2.15. The first-order valence-corrected chi connectivity index (χ1v) is 12.1. The number of non-ortho nitro benzene ring substituents is 1. The third-order valence-corrected chi connectivity index (χ3v) is 6.47. The van der Waals surface area contributed by atoms with Crippen molar-refractivity contribution in [2.75, 3.05) is 24.7 Å². The number of nitrogen functional groups attached to an aromatic ring is 1. The molecule has 0 radical (unpaired) electrons. The summed E-state index contributed by atoms with van der Waals surface area (Å²) in [6.07, 6.45) is 0. The summed E-state index contributed by atoms with van der Waals surface area (Å²) < 4.78 is 10.7. The predicted octanol–water partition coefficient (Wildman–Crippen LogP) is 4.52. The molecule has 0 saturated heterocycles. The first-order chi connectivity index (χ1) is 16.8. The number of carbonyl (C=O) groups is 2. The molecule has 2 atom stereocenters. The van der Waals surface area contributed by atoms with Crippen LogP contribution in [0.5, 0.6) is 0 Å². The van der Waals surface area contributed by atoms with Gasteiger partial charge in [-0.15, -0.1) is 11.8 Å². The molecule has 0 bridgehead atoms. The highest BCUT2D eigenvalue weighted by molar-refractivity contribution is 7.99. The molecule has 0 aromatic heterocycles. The largest absolute Gasteiger partial charge is 0.465 e. The Morgan fingerprint density at radius 3 is 2.43 bits per heavy atom. The zero-order chi connectivity index (χ0) is 25.5. The number of hydrogen-bond donors (Lipinski definition) is 1. The number of esters is 2. The van der Waals surface area contributed by atoms with Gasteiger partial charge in [0, 0.05) is 40.1 Å². The lowest BCUT2D eigenvalue weighted by Crippen LogP contribution is -2.37. The molecule has 0 spiro atoms. The summed E-state index contributed by atoms with van der Waals surface area (Å²) in [6, 6.07) is 13.2. The van der Waals surface area contributed by atoms with Crippen molar-refractivity contribution in [1.82, 2.24) is 0 Å². The van der Waals surface area contributed by atoms with Crippen LogP contribution in [0.4, 0.5) is 11.4 Å². The van der Waals surface area contributed by atoms with E-state index in [1.807, 2.05) is 12.1 Å². The molecule has 0 aliphatic carbocycles. The Morgan fingerprint density at radius 1 is 1.11 bits per heavy atom. The van der Waals surface area contributed by atoms with Gasteiger partial charge in [0.05, 0.1) is 29.4 Å². The van der Waals surface area contributed by atoms with Gasteiger partial charge in [0.1, 0.15) is 5.92 Å². The smallest absolute Gasteiger partial charge is 0.336 e. The van der Waals surface area contributed by atoms with Gasteiger partial charge >= 0.3 is 11.9 Å². The molecule has 0 fully saturated rings. The fourth-order valence-electron chi connectivity index (χ4n) is 3.94. The van der Waals surface area contributed by atoms with E-state index in [4.69, 9.17) is 15.2 Å². The molecule has 1 aliphatic rings. The minimum atomic E-state index is -0.929. The van der Waals surface area contributed by atoms with Crippen LogP contribution in [0.1, 0.15) is 32.3 Å². The second-order valence-corrected chi connectivity index (χ2v) is 8.80. The predicted molar refractivity (Wildman–Crippen MR) is 134 cm³/mol. The molecule has 35 heavy (non-hydrogen) atoms. The summed E-state index contributed by atoms with van der Waals surface area (Å²) in [6.45, 7) is 5.33. The maximum atomic E-state index is 13.2. The lowest BCUT2D eigenvalue weighted by atomic mass is 9.75. The van der Waals surface area contributed by atoms with Gasteiger partial charge in [-0.3, -0.25) is 19.9 Å². The summed E-state index contributed by atoms with van der Waals surface area (Å²) in [5.41, 5.74) is 7.79. The van der Waals surface area contributed by atoms with Crippen molar-refractivity contribution in [3.8, 4) is 0 Å². The Morgan fingerprint density at radius 2 is 1.80 bits per heavy atom. The van der Waals surface area contributed by atoms with E-state index in [2.05, 4.69) is 4.99 Å². The highest BCUT2D eigenvalue weighted by Gasteiger charge is 2.43. The van der Waals surface area contributed by atoms with Crippen LogP contribution in [0, 0.1) is 16.0 Å². The lowest BCUT2D eigenvalue weighted by Gasteiger charge is -2.32. The maximum absolute atomic E-state index is 13.2. The van der Waals surface area contributed by atoms with E-state index in [9.17, 15) is 19.7 Å². The van der Waals surface area contributed by atoms with Gasteiger partial charge in [-0.05, 0) is 50.6 Å². The van der Waals surface area contributed by atoms with Crippen LogP contribution >= 0.6 is 11.8 Å². The standard InChI is InChI=1S/C25H27N3O6S/c1-4-33-24(29)21-15(3)27-20(14-35-19-11-9-17(26)10-12-19)23(25(30)34-5-2)22(21)16-7-6-8-18(13-16)28(31)32/h6-13,21-22H,4-5,14,26H2,1-3H3. The number of anilines is 1. The number of hydrogen-bond acceptors (Lipinski definition) is 9. The molecule has 1 heterocycles. The number of ether oxygens (including phenoxy) is 2. The number of nitrogens with zero attached hydrogens (tertiary/aromatic N) is 2. The summed E-state index contributed by atoms with van der Waals surface area (Å²) in [4.78, 5) is 42.8. The average Bonchev–Trinajstić information content (AvgIpc) is 2.83. The van der Waals surface area contributed by atoms with Crippen LogP contribution in [0.3, 0.4) is 0 Å².